The molecule has 19 heavy (non-hydrogen) atoms. The van der Waals surface area contributed by atoms with Crippen LogP contribution in [0.15, 0.2) is 22.7 Å². The van der Waals surface area contributed by atoms with Crippen molar-refractivity contribution < 1.29 is 13.6 Å². The number of alkyl halides is 2. The van der Waals surface area contributed by atoms with Crippen LogP contribution in [-0.2, 0) is 6.42 Å². The molecule has 1 aromatic carbocycles. The molecule has 2 amide bonds. The molecule has 0 spiro atoms. The summed E-state index contributed by atoms with van der Waals surface area (Å²) in [6.45, 7) is -0.550. The topological polar surface area (TPSA) is 32.3 Å². The number of nitrogens with zero attached hydrogens (tertiary/aromatic N) is 1. The molecule has 0 aliphatic heterocycles. The molecule has 0 fully saturated rings. The monoisotopic (exact) mass is 332 g/mol. The van der Waals surface area contributed by atoms with Crippen LogP contribution < -0.4 is 5.32 Å². The number of rotatable bonds is 3. The molecule has 0 saturated carbocycles. The lowest BCUT2D eigenvalue weighted by Gasteiger charge is -2.21. The van der Waals surface area contributed by atoms with Crippen LogP contribution in [0.3, 0.4) is 0 Å². The first-order chi connectivity index (χ1) is 8.97. The number of urea groups is 1. The fourth-order valence-corrected chi connectivity index (χ4v) is 2.69. The van der Waals surface area contributed by atoms with E-state index in [2.05, 4.69) is 21.2 Å². The highest BCUT2D eigenvalue weighted by Crippen LogP contribution is 2.32. The summed E-state index contributed by atoms with van der Waals surface area (Å²) in [6.07, 6.45) is -0.819. The van der Waals surface area contributed by atoms with Crippen molar-refractivity contribution in [3.8, 4) is 0 Å². The molecule has 0 radical (unpaired) electrons. The van der Waals surface area contributed by atoms with Crippen molar-refractivity contribution in [2.75, 3.05) is 13.6 Å². The van der Waals surface area contributed by atoms with E-state index in [1.165, 1.54) is 12.6 Å². The smallest absolute Gasteiger partial charge is 0.317 e. The van der Waals surface area contributed by atoms with E-state index in [4.69, 9.17) is 0 Å². The van der Waals surface area contributed by atoms with E-state index in [0.717, 1.165) is 27.8 Å². The van der Waals surface area contributed by atoms with E-state index in [0.29, 0.717) is 0 Å². The summed E-state index contributed by atoms with van der Waals surface area (Å²) in [5.74, 6) is 0. The lowest BCUT2D eigenvalue weighted by Crippen LogP contribution is -2.41. The van der Waals surface area contributed by atoms with E-state index in [1.807, 2.05) is 18.2 Å². The maximum absolute atomic E-state index is 12.2. The van der Waals surface area contributed by atoms with Crippen molar-refractivity contribution in [2.24, 2.45) is 0 Å². The van der Waals surface area contributed by atoms with E-state index < -0.39 is 19.0 Å². The Balaban J connectivity index is 2.01. The van der Waals surface area contributed by atoms with Gasteiger partial charge in [-0.05, 0) is 36.1 Å². The predicted molar refractivity (Wildman–Crippen MR) is 72.4 cm³/mol. The van der Waals surface area contributed by atoms with Crippen molar-refractivity contribution in [3.05, 3.63) is 33.8 Å². The van der Waals surface area contributed by atoms with Gasteiger partial charge in [-0.3, -0.25) is 0 Å². The van der Waals surface area contributed by atoms with Crippen LogP contribution in [0, 0.1) is 0 Å². The number of amides is 2. The normalized spacial score (nSPS) is 17.4. The number of fused-ring (bicyclic) bond motifs is 1. The minimum Gasteiger partial charge on any atom is -0.331 e. The molecular formula is C13H15BrF2N2O. The Morgan fingerprint density at radius 2 is 2.32 bits per heavy atom. The van der Waals surface area contributed by atoms with Gasteiger partial charge in [0.15, 0.2) is 0 Å². The molecule has 1 aliphatic rings. The predicted octanol–water partition coefficient (Wildman–Crippen LogP) is 3.34. The molecule has 1 N–H and O–H groups in total. The van der Waals surface area contributed by atoms with Gasteiger partial charge in [-0.15, -0.1) is 0 Å². The summed E-state index contributed by atoms with van der Waals surface area (Å²) in [4.78, 5) is 12.8. The van der Waals surface area contributed by atoms with E-state index in [1.54, 1.807) is 0 Å². The third kappa shape index (κ3) is 3.43. The molecule has 0 saturated heterocycles. The van der Waals surface area contributed by atoms with Gasteiger partial charge in [-0.1, -0.05) is 22.0 Å². The Kier molecular flexibility index (Phi) is 4.39. The summed E-state index contributed by atoms with van der Waals surface area (Å²) in [6, 6.07) is 5.37. The number of benzene rings is 1. The first kappa shape index (κ1) is 14.2. The second-order valence-electron chi connectivity index (χ2n) is 4.66. The van der Waals surface area contributed by atoms with Crippen LogP contribution in [0.5, 0.6) is 0 Å². The van der Waals surface area contributed by atoms with Gasteiger partial charge >= 0.3 is 6.03 Å². The van der Waals surface area contributed by atoms with Gasteiger partial charge in [0.2, 0.25) is 0 Å². The Morgan fingerprint density at radius 3 is 3.00 bits per heavy atom. The lowest BCUT2D eigenvalue weighted by atomic mass is 10.1. The number of carbonyl (C=O) groups excluding carboxylic acids is 1. The summed E-state index contributed by atoms with van der Waals surface area (Å²) in [5, 5.41) is 2.80. The molecule has 0 heterocycles. The molecule has 1 aliphatic carbocycles. The van der Waals surface area contributed by atoms with Crippen LogP contribution in [-0.4, -0.2) is 30.9 Å². The maximum atomic E-state index is 12.2. The van der Waals surface area contributed by atoms with Gasteiger partial charge in [0.1, 0.15) is 0 Å². The van der Waals surface area contributed by atoms with Gasteiger partial charge in [-0.25, -0.2) is 13.6 Å². The maximum Gasteiger partial charge on any atom is 0.317 e. The van der Waals surface area contributed by atoms with Crippen LogP contribution in [0.4, 0.5) is 13.6 Å². The number of halogens is 3. The van der Waals surface area contributed by atoms with Gasteiger partial charge in [0.05, 0.1) is 12.6 Å². The molecule has 0 unspecified atom stereocenters. The minimum absolute atomic E-state index is 0.0873. The van der Waals surface area contributed by atoms with E-state index >= 15 is 0 Å². The summed E-state index contributed by atoms with van der Waals surface area (Å²) in [5.41, 5.74) is 2.26. The van der Waals surface area contributed by atoms with Crippen molar-refractivity contribution in [2.45, 2.75) is 25.3 Å². The summed E-state index contributed by atoms with van der Waals surface area (Å²) < 4.78 is 25.4. The molecular weight excluding hydrogens is 318 g/mol. The van der Waals surface area contributed by atoms with Gasteiger partial charge in [0, 0.05) is 11.5 Å². The number of hydrogen-bond donors (Lipinski definition) is 1. The number of aryl methyl sites for hydroxylation is 1. The highest BCUT2D eigenvalue weighted by atomic mass is 79.9. The third-order valence-electron chi connectivity index (χ3n) is 3.24. The molecule has 0 aromatic heterocycles. The Bertz CT molecular complexity index is 482. The molecule has 3 nitrogen and oxygen atoms in total. The van der Waals surface area contributed by atoms with Crippen LogP contribution in [0.1, 0.15) is 23.6 Å². The number of nitrogens with one attached hydrogen (secondary N) is 1. The zero-order valence-corrected chi connectivity index (χ0v) is 12.1. The summed E-state index contributed by atoms with van der Waals surface area (Å²) in [7, 11) is 1.37. The Labute approximate surface area is 119 Å². The zero-order chi connectivity index (χ0) is 14.0. The van der Waals surface area contributed by atoms with Gasteiger partial charge < -0.3 is 10.2 Å². The average Bonchev–Trinajstić information content (AvgIpc) is 2.70. The quantitative estimate of drug-likeness (QED) is 0.904. The molecule has 1 atom stereocenters. The minimum atomic E-state index is -2.51. The average molecular weight is 333 g/mol. The molecule has 2 rings (SSSR count). The third-order valence-corrected chi connectivity index (χ3v) is 3.73. The molecule has 104 valence electrons. The first-order valence-corrected chi connectivity index (χ1v) is 6.85. The van der Waals surface area contributed by atoms with Gasteiger partial charge in [0.25, 0.3) is 6.43 Å². The van der Waals surface area contributed by atoms with Gasteiger partial charge in [-0.2, -0.15) is 0 Å². The molecule has 0 bridgehead atoms. The van der Waals surface area contributed by atoms with E-state index in [-0.39, 0.29) is 6.04 Å². The van der Waals surface area contributed by atoms with Crippen molar-refractivity contribution in [1.82, 2.24) is 10.2 Å². The van der Waals surface area contributed by atoms with Crippen molar-refractivity contribution in [1.29, 1.82) is 0 Å². The van der Waals surface area contributed by atoms with Crippen LogP contribution in [0.25, 0.3) is 0 Å². The highest BCUT2D eigenvalue weighted by molar-refractivity contribution is 9.10. The standard InChI is InChI=1S/C13H15BrF2N2O/c1-18(7-12(15)16)13(19)17-11-5-2-8-6-9(14)3-4-10(8)11/h3-4,6,11-12H,2,5,7H2,1H3,(H,17,19)/t11-/m0/s1. The highest BCUT2D eigenvalue weighted by Gasteiger charge is 2.25. The summed E-state index contributed by atoms with van der Waals surface area (Å²) >= 11 is 3.41. The Morgan fingerprint density at radius 1 is 1.58 bits per heavy atom. The van der Waals surface area contributed by atoms with Crippen LogP contribution >= 0.6 is 15.9 Å². The van der Waals surface area contributed by atoms with Crippen LogP contribution in [0.2, 0.25) is 0 Å². The fraction of sp³-hybridized carbons (Fsp3) is 0.462. The Hall–Kier alpha value is -1.17. The second kappa shape index (κ2) is 5.86. The van der Waals surface area contributed by atoms with Crippen molar-refractivity contribution >= 4 is 22.0 Å². The number of carbonyl (C=O) groups is 1. The second-order valence-corrected chi connectivity index (χ2v) is 5.57. The molecule has 6 heteroatoms. The first-order valence-electron chi connectivity index (χ1n) is 6.05. The number of hydrogen-bond acceptors (Lipinski definition) is 1. The molecule has 1 aromatic rings. The lowest BCUT2D eigenvalue weighted by molar-refractivity contribution is 0.107. The SMILES string of the molecule is CN(CC(F)F)C(=O)N[C@H]1CCc2cc(Br)ccc21. The van der Waals surface area contributed by atoms with E-state index in [9.17, 15) is 13.6 Å². The zero-order valence-electron chi connectivity index (χ0n) is 10.5. The largest absolute Gasteiger partial charge is 0.331 e. The van der Waals surface area contributed by atoms with Crippen molar-refractivity contribution in [3.63, 3.8) is 0 Å². The fourth-order valence-electron chi connectivity index (χ4n) is 2.29.